The van der Waals surface area contributed by atoms with Crippen LogP contribution < -0.4 is 0 Å². The molecule has 0 heterocycles. The highest BCUT2D eigenvalue weighted by molar-refractivity contribution is 5.50. The minimum absolute atomic E-state index is 0.264. The Hall–Kier alpha value is -0.370. The molecule has 0 aromatic heterocycles. The highest BCUT2D eigenvalue weighted by Gasteiger charge is 2.30. The molecule has 0 spiro atoms. The number of hydrogen-bond acceptors (Lipinski definition) is 2. The molecule has 1 saturated carbocycles. The fourth-order valence-electron chi connectivity index (χ4n) is 2.47. The Morgan fingerprint density at radius 2 is 2.14 bits per heavy atom. The van der Waals surface area contributed by atoms with Crippen LogP contribution in [0.5, 0.6) is 0 Å². The molecule has 0 aromatic rings. The lowest BCUT2D eigenvalue weighted by molar-refractivity contribution is -0.117. The summed E-state index contributed by atoms with van der Waals surface area (Å²) in [5.74, 6) is 2.06. The molecule has 2 nitrogen and oxygen atoms in total. The third-order valence-corrected chi connectivity index (χ3v) is 3.34. The summed E-state index contributed by atoms with van der Waals surface area (Å²) in [7, 11) is 0. The van der Waals surface area contributed by atoms with Crippen molar-refractivity contribution in [2.45, 2.75) is 46.1 Å². The first-order valence-corrected chi connectivity index (χ1v) is 5.70. The third kappa shape index (κ3) is 3.09. The number of hydrogen-bond donors (Lipinski definition) is 0. The van der Waals surface area contributed by atoms with E-state index in [1.165, 1.54) is 12.8 Å². The van der Waals surface area contributed by atoms with Gasteiger partial charge in [0.2, 0.25) is 0 Å². The Morgan fingerprint density at radius 3 is 2.71 bits per heavy atom. The van der Waals surface area contributed by atoms with E-state index < -0.39 is 0 Å². The molecule has 0 bridgehead atoms. The van der Waals surface area contributed by atoms with Gasteiger partial charge < -0.3 is 9.53 Å². The number of ether oxygens (including phenoxy) is 1. The van der Waals surface area contributed by atoms with Crippen molar-refractivity contribution in [3.05, 3.63) is 0 Å². The lowest BCUT2D eigenvalue weighted by Gasteiger charge is -2.36. The smallest absolute Gasteiger partial charge is 0.145 e. The second-order valence-corrected chi connectivity index (χ2v) is 4.86. The van der Waals surface area contributed by atoms with Gasteiger partial charge in [-0.2, -0.15) is 0 Å². The maximum absolute atomic E-state index is 10.3. The van der Waals surface area contributed by atoms with Gasteiger partial charge in [0.25, 0.3) is 0 Å². The highest BCUT2D eigenvalue weighted by Crippen LogP contribution is 2.35. The van der Waals surface area contributed by atoms with Crippen LogP contribution in [0.15, 0.2) is 0 Å². The van der Waals surface area contributed by atoms with Gasteiger partial charge in [-0.05, 0) is 30.6 Å². The first kappa shape index (κ1) is 11.7. The van der Waals surface area contributed by atoms with E-state index in [0.717, 1.165) is 18.6 Å². The maximum atomic E-state index is 10.3. The van der Waals surface area contributed by atoms with E-state index in [0.29, 0.717) is 17.9 Å². The standard InChI is InChI=1S/C12H22O2/c1-9(2)11-5-4-10(3)8-12(11)14-7-6-13/h6,9-12H,4-5,7-8H2,1-3H3/t10-,11+,12-/m0/s1. The molecule has 0 unspecified atom stereocenters. The van der Waals surface area contributed by atoms with E-state index in [9.17, 15) is 4.79 Å². The maximum Gasteiger partial charge on any atom is 0.145 e. The zero-order valence-electron chi connectivity index (χ0n) is 9.53. The molecule has 0 aliphatic heterocycles. The Balaban J connectivity index is 2.49. The highest BCUT2D eigenvalue weighted by atomic mass is 16.5. The van der Waals surface area contributed by atoms with Gasteiger partial charge in [0, 0.05) is 0 Å². The normalized spacial score (nSPS) is 33.3. The topological polar surface area (TPSA) is 26.3 Å². The molecular weight excluding hydrogens is 176 g/mol. The van der Waals surface area contributed by atoms with Crippen LogP contribution in [0.3, 0.4) is 0 Å². The predicted octanol–water partition coefficient (Wildman–Crippen LogP) is 2.66. The van der Waals surface area contributed by atoms with E-state index in [1.54, 1.807) is 0 Å². The zero-order valence-corrected chi connectivity index (χ0v) is 9.53. The summed E-state index contributed by atoms with van der Waals surface area (Å²) >= 11 is 0. The van der Waals surface area contributed by atoms with Crippen molar-refractivity contribution in [1.29, 1.82) is 0 Å². The molecule has 0 saturated heterocycles. The fraction of sp³-hybridized carbons (Fsp3) is 0.917. The Bertz CT molecular complexity index is 177. The zero-order chi connectivity index (χ0) is 10.6. The van der Waals surface area contributed by atoms with Crippen LogP contribution in [-0.2, 0) is 9.53 Å². The average Bonchev–Trinajstić information content (AvgIpc) is 2.14. The van der Waals surface area contributed by atoms with Crippen LogP contribution in [0, 0.1) is 17.8 Å². The second kappa shape index (κ2) is 5.50. The molecule has 1 rings (SSSR count). The lowest BCUT2D eigenvalue weighted by atomic mass is 9.75. The minimum Gasteiger partial charge on any atom is -0.370 e. The van der Waals surface area contributed by atoms with Crippen molar-refractivity contribution in [3.8, 4) is 0 Å². The first-order valence-electron chi connectivity index (χ1n) is 5.70. The van der Waals surface area contributed by atoms with Gasteiger partial charge in [-0.15, -0.1) is 0 Å². The van der Waals surface area contributed by atoms with E-state index in [2.05, 4.69) is 20.8 Å². The number of carbonyl (C=O) groups excluding carboxylic acids is 1. The fourth-order valence-corrected chi connectivity index (χ4v) is 2.47. The van der Waals surface area contributed by atoms with Gasteiger partial charge in [0.15, 0.2) is 0 Å². The molecule has 82 valence electrons. The van der Waals surface area contributed by atoms with Gasteiger partial charge in [0.05, 0.1) is 6.10 Å². The molecule has 2 heteroatoms. The number of carbonyl (C=O) groups is 1. The molecule has 1 aliphatic rings. The van der Waals surface area contributed by atoms with E-state index in [1.807, 2.05) is 0 Å². The van der Waals surface area contributed by atoms with Gasteiger partial charge >= 0.3 is 0 Å². The van der Waals surface area contributed by atoms with Gasteiger partial charge in [-0.1, -0.05) is 27.2 Å². The van der Waals surface area contributed by atoms with Crippen molar-refractivity contribution in [3.63, 3.8) is 0 Å². The molecule has 0 aromatic carbocycles. The van der Waals surface area contributed by atoms with Crippen molar-refractivity contribution in [2.75, 3.05) is 6.61 Å². The molecule has 0 radical (unpaired) electrons. The summed E-state index contributed by atoms with van der Waals surface area (Å²) in [4.78, 5) is 10.3. The Kier molecular flexibility index (Phi) is 4.59. The molecule has 3 atom stereocenters. The summed E-state index contributed by atoms with van der Waals surface area (Å²) in [5, 5.41) is 0. The second-order valence-electron chi connectivity index (χ2n) is 4.86. The third-order valence-electron chi connectivity index (χ3n) is 3.34. The SMILES string of the molecule is CC(C)[C@H]1CC[C@H](C)C[C@@H]1OCC=O. The first-order chi connectivity index (χ1) is 6.65. The van der Waals surface area contributed by atoms with Crippen LogP contribution >= 0.6 is 0 Å². The van der Waals surface area contributed by atoms with E-state index >= 15 is 0 Å². The minimum atomic E-state index is 0.264. The molecule has 0 amide bonds. The molecule has 14 heavy (non-hydrogen) atoms. The Labute approximate surface area is 87.0 Å². The molecule has 1 aliphatic carbocycles. The van der Waals surface area contributed by atoms with Crippen LogP contribution in [0.1, 0.15) is 40.0 Å². The van der Waals surface area contributed by atoms with Gasteiger partial charge in [-0.25, -0.2) is 0 Å². The monoisotopic (exact) mass is 198 g/mol. The summed E-state index contributed by atoms with van der Waals surface area (Å²) in [6.45, 7) is 7.03. The largest absolute Gasteiger partial charge is 0.370 e. The van der Waals surface area contributed by atoms with E-state index in [-0.39, 0.29) is 6.61 Å². The van der Waals surface area contributed by atoms with Gasteiger partial charge in [0.1, 0.15) is 12.9 Å². The van der Waals surface area contributed by atoms with Crippen molar-refractivity contribution < 1.29 is 9.53 Å². The van der Waals surface area contributed by atoms with Crippen molar-refractivity contribution >= 4 is 6.29 Å². The lowest BCUT2D eigenvalue weighted by Crippen LogP contribution is -2.34. The number of rotatable bonds is 4. The summed E-state index contributed by atoms with van der Waals surface area (Å²) < 4.78 is 5.61. The number of aldehydes is 1. The Morgan fingerprint density at radius 1 is 1.43 bits per heavy atom. The molecule has 0 N–H and O–H groups in total. The van der Waals surface area contributed by atoms with Crippen molar-refractivity contribution in [2.24, 2.45) is 17.8 Å². The molecular formula is C12H22O2. The summed E-state index contributed by atoms with van der Waals surface area (Å²) in [6.07, 6.45) is 4.85. The summed E-state index contributed by atoms with van der Waals surface area (Å²) in [6, 6.07) is 0. The van der Waals surface area contributed by atoms with Crippen molar-refractivity contribution in [1.82, 2.24) is 0 Å². The van der Waals surface area contributed by atoms with E-state index in [4.69, 9.17) is 4.74 Å². The van der Waals surface area contributed by atoms with Crippen LogP contribution in [0.25, 0.3) is 0 Å². The average molecular weight is 198 g/mol. The van der Waals surface area contributed by atoms with Crippen LogP contribution in [-0.4, -0.2) is 19.0 Å². The van der Waals surface area contributed by atoms with Crippen LogP contribution in [0.2, 0.25) is 0 Å². The van der Waals surface area contributed by atoms with Gasteiger partial charge in [-0.3, -0.25) is 0 Å². The van der Waals surface area contributed by atoms with Crippen LogP contribution in [0.4, 0.5) is 0 Å². The predicted molar refractivity (Wildman–Crippen MR) is 57.1 cm³/mol. The quantitative estimate of drug-likeness (QED) is 0.649. The summed E-state index contributed by atoms with van der Waals surface area (Å²) in [5.41, 5.74) is 0. The molecule has 1 fully saturated rings.